The van der Waals surface area contributed by atoms with Crippen molar-refractivity contribution in [3.05, 3.63) is 75.5 Å². The van der Waals surface area contributed by atoms with Crippen molar-refractivity contribution in [2.45, 2.75) is 0 Å². The van der Waals surface area contributed by atoms with Crippen molar-refractivity contribution in [1.82, 2.24) is 5.43 Å². The maximum atomic E-state index is 12.0. The van der Waals surface area contributed by atoms with E-state index < -0.39 is 16.8 Å². The van der Waals surface area contributed by atoms with Gasteiger partial charge >= 0.3 is 11.9 Å². The van der Waals surface area contributed by atoms with E-state index in [1.807, 2.05) is 0 Å². The molecule has 0 bridgehead atoms. The molecule has 3 aromatic rings. The molecule has 0 aliphatic carbocycles. The summed E-state index contributed by atoms with van der Waals surface area (Å²) in [5, 5.41) is 23.8. The van der Waals surface area contributed by atoms with Crippen LogP contribution in [0, 0.1) is 10.1 Å². The van der Waals surface area contributed by atoms with Gasteiger partial charge in [-0.05, 0) is 29.8 Å². The van der Waals surface area contributed by atoms with Gasteiger partial charge in [-0.15, -0.1) is 0 Å². The molecule has 2 aromatic carbocycles. The van der Waals surface area contributed by atoms with Gasteiger partial charge in [0.15, 0.2) is 5.76 Å². The minimum absolute atomic E-state index is 0.0427. The fourth-order valence-electron chi connectivity index (χ4n) is 2.19. The van der Waals surface area contributed by atoms with Crippen LogP contribution in [0.2, 0.25) is 0 Å². The summed E-state index contributed by atoms with van der Waals surface area (Å²) in [6.45, 7) is 0. The molecule has 0 radical (unpaired) electrons. The number of nitro benzene ring substituents is 1. The number of furan rings is 1. The zero-order valence-corrected chi connectivity index (χ0v) is 13.1. The summed E-state index contributed by atoms with van der Waals surface area (Å²) in [5.41, 5.74) is 3.24. The van der Waals surface area contributed by atoms with Gasteiger partial charge in [0.05, 0.1) is 16.7 Å². The summed E-state index contributed by atoms with van der Waals surface area (Å²) in [5.74, 6) is -1.70. The highest BCUT2D eigenvalue weighted by molar-refractivity contribution is 5.97. The van der Waals surface area contributed by atoms with E-state index in [4.69, 9.17) is 9.52 Å². The lowest BCUT2D eigenvalue weighted by atomic mass is 10.1. The van der Waals surface area contributed by atoms with Crippen molar-refractivity contribution in [1.29, 1.82) is 0 Å². The molecule has 130 valence electrons. The molecule has 2 N–H and O–H groups in total. The highest BCUT2D eigenvalue weighted by Crippen LogP contribution is 2.24. The Kier molecular flexibility index (Phi) is 4.44. The topological polar surface area (TPSA) is 135 Å². The summed E-state index contributed by atoms with van der Waals surface area (Å²) in [6.07, 6.45) is 1.34. The van der Waals surface area contributed by atoms with Crippen LogP contribution in [-0.2, 0) is 0 Å². The van der Waals surface area contributed by atoms with Crippen LogP contribution in [0.15, 0.2) is 58.0 Å². The molecule has 0 saturated heterocycles. The highest BCUT2D eigenvalue weighted by Gasteiger charge is 2.14. The molecule has 1 heterocycles. The lowest BCUT2D eigenvalue weighted by Crippen LogP contribution is -2.16. The Labute approximate surface area is 145 Å². The van der Waals surface area contributed by atoms with Crippen molar-refractivity contribution in [2.24, 2.45) is 5.10 Å². The first kappa shape index (κ1) is 16.8. The number of hydrogen-bond acceptors (Lipinski definition) is 6. The van der Waals surface area contributed by atoms with Gasteiger partial charge < -0.3 is 9.52 Å². The Morgan fingerprint density at radius 1 is 1.15 bits per heavy atom. The van der Waals surface area contributed by atoms with Crippen molar-refractivity contribution in [2.75, 3.05) is 0 Å². The van der Waals surface area contributed by atoms with Gasteiger partial charge in [-0.1, -0.05) is 12.1 Å². The summed E-state index contributed by atoms with van der Waals surface area (Å²) in [6, 6.07) is 11.3. The number of nitrogens with one attached hydrogen (secondary N) is 1. The second kappa shape index (κ2) is 6.85. The zero-order chi connectivity index (χ0) is 18.7. The Bertz CT molecular complexity index is 1040. The van der Waals surface area contributed by atoms with E-state index in [0.717, 1.165) is 0 Å². The number of hydrazone groups is 1. The van der Waals surface area contributed by atoms with E-state index in [2.05, 4.69) is 10.5 Å². The number of carbonyl (C=O) groups excluding carboxylic acids is 1. The maximum Gasteiger partial charge on any atom is 0.335 e. The van der Waals surface area contributed by atoms with E-state index in [9.17, 15) is 19.7 Å². The summed E-state index contributed by atoms with van der Waals surface area (Å²) < 4.78 is 5.34. The Balaban J connectivity index is 1.70. The Morgan fingerprint density at radius 3 is 2.54 bits per heavy atom. The van der Waals surface area contributed by atoms with Gasteiger partial charge in [0.25, 0.3) is 5.69 Å². The van der Waals surface area contributed by atoms with E-state index in [0.29, 0.717) is 16.5 Å². The first-order chi connectivity index (χ1) is 12.4. The molecule has 9 heteroatoms. The number of hydrogen-bond donors (Lipinski definition) is 2. The minimum atomic E-state index is -1.04. The Morgan fingerprint density at radius 2 is 1.88 bits per heavy atom. The standard InChI is InChI=1S/C17H11N3O6/c21-16(19-18-9-10-1-3-11(4-2-10)17(22)23)15-8-12-7-13(20(24)25)5-6-14(12)26-15/h1-9H,(H,19,21)(H,22,23)/b18-9-. The van der Waals surface area contributed by atoms with Crippen molar-refractivity contribution in [3.63, 3.8) is 0 Å². The molecule has 0 aliphatic rings. The molecule has 1 aromatic heterocycles. The van der Waals surface area contributed by atoms with Gasteiger partial charge in [-0.3, -0.25) is 14.9 Å². The number of carboxylic acid groups (broad SMARTS) is 1. The lowest BCUT2D eigenvalue weighted by Gasteiger charge is -1.97. The number of aromatic carboxylic acids is 1. The number of nitro groups is 1. The van der Waals surface area contributed by atoms with Crippen LogP contribution in [0.5, 0.6) is 0 Å². The van der Waals surface area contributed by atoms with Crippen LogP contribution in [-0.4, -0.2) is 28.1 Å². The summed E-state index contributed by atoms with van der Waals surface area (Å²) in [4.78, 5) is 33.0. The second-order valence-corrected chi connectivity index (χ2v) is 5.22. The second-order valence-electron chi connectivity index (χ2n) is 5.22. The molecule has 26 heavy (non-hydrogen) atoms. The average Bonchev–Trinajstić information content (AvgIpc) is 3.05. The first-order valence-corrected chi connectivity index (χ1v) is 7.29. The van der Waals surface area contributed by atoms with Crippen LogP contribution >= 0.6 is 0 Å². The van der Waals surface area contributed by atoms with Crippen LogP contribution in [0.4, 0.5) is 5.69 Å². The minimum Gasteiger partial charge on any atom is -0.478 e. The van der Waals surface area contributed by atoms with Crippen LogP contribution in [0.1, 0.15) is 26.5 Å². The number of non-ortho nitro benzene ring substituents is 1. The molecule has 0 aliphatic heterocycles. The quantitative estimate of drug-likeness (QED) is 0.411. The molecular formula is C17H11N3O6. The zero-order valence-electron chi connectivity index (χ0n) is 13.1. The fourth-order valence-corrected chi connectivity index (χ4v) is 2.19. The summed E-state index contributed by atoms with van der Waals surface area (Å²) >= 11 is 0. The Hall–Kier alpha value is -4.01. The molecule has 0 saturated carbocycles. The van der Waals surface area contributed by atoms with E-state index in [-0.39, 0.29) is 17.0 Å². The van der Waals surface area contributed by atoms with Crippen LogP contribution in [0.25, 0.3) is 11.0 Å². The normalized spacial score (nSPS) is 10.9. The average molecular weight is 353 g/mol. The van der Waals surface area contributed by atoms with Crippen molar-refractivity contribution < 1.29 is 24.0 Å². The molecule has 9 nitrogen and oxygen atoms in total. The third kappa shape index (κ3) is 3.56. The largest absolute Gasteiger partial charge is 0.478 e. The SMILES string of the molecule is O=C(O)c1ccc(/C=N\NC(=O)c2cc3cc([N+](=O)[O-])ccc3o2)cc1. The number of rotatable bonds is 5. The van der Waals surface area contributed by atoms with E-state index >= 15 is 0 Å². The van der Waals surface area contributed by atoms with Crippen LogP contribution in [0.3, 0.4) is 0 Å². The number of nitrogens with zero attached hydrogens (tertiary/aromatic N) is 2. The third-order valence-corrected chi connectivity index (χ3v) is 3.47. The highest BCUT2D eigenvalue weighted by atomic mass is 16.6. The molecule has 0 spiro atoms. The van der Waals surface area contributed by atoms with E-state index in [1.54, 1.807) is 12.1 Å². The predicted molar refractivity (Wildman–Crippen MR) is 91.3 cm³/mol. The van der Waals surface area contributed by atoms with Gasteiger partial charge in [-0.25, -0.2) is 10.2 Å². The molecule has 1 amide bonds. The van der Waals surface area contributed by atoms with Gasteiger partial charge in [0, 0.05) is 17.5 Å². The number of carbonyl (C=O) groups is 2. The van der Waals surface area contributed by atoms with Crippen LogP contribution < -0.4 is 5.43 Å². The fraction of sp³-hybridized carbons (Fsp3) is 0. The molecular weight excluding hydrogens is 342 g/mol. The summed E-state index contributed by atoms with van der Waals surface area (Å²) in [7, 11) is 0. The number of fused-ring (bicyclic) bond motifs is 1. The van der Waals surface area contributed by atoms with Crippen molar-refractivity contribution >= 4 is 34.7 Å². The van der Waals surface area contributed by atoms with Crippen molar-refractivity contribution in [3.8, 4) is 0 Å². The van der Waals surface area contributed by atoms with E-state index in [1.165, 1.54) is 42.6 Å². The predicted octanol–water partition coefficient (Wildman–Crippen LogP) is 2.80. The monoisotopic (exact) mass is 353 g/mol. The number of amides is 1. The first-order valence-electron chi connectivity index (χ1n) is 7.29. The number of carboxylic acids is 1. The smallest absolute Gasteiger partial charge is 0.335 e. The van der Waals surface area contributed by atoms with Gasteiger partial charge in [0.1, 0.15) is 5.58 Å². The van der Waals surface area contributed by atoms with Gasteiger partial charge in [-0.2, -0.15) is 5.10 Å². The lowest BCUT2D eigenvalue weighted by molar-refractivity contribution is -0.384. The third-order valence-electron chi connectivity index (χ3n) is 3.47. The maximum absolute atomic E-state index is 12.0. The number of benzene rings is 2. The molecule has 0 atom stereocenters. The molecule has 0 unspecified atom stereocenters. The van der Waals surface area contributed by atoms with Gasteiger partial charge in [0.2, 0.25) is 0 Å². The molecule has 0 fully saturated rings. The molecule has 3 rings (SSSR count).